The van der Waals surface area contributed by atoms with Gasteiger partial charge in [-0.1, -0.05) is 57.7 Å². The number of alkyl halides is 1. The zero-order chi connectivity index (χ0) is 15.8. The zero-order valence-electron chi connectivity index (χ0n) is 14.1. The van der Waals surface area contributed by atoms with E-state index in [-0.39, 0.29) is 6.61 Å². The molecule has 0 saturated heterocycles. The fourth-order valence-electron chi connectivity index (χ4n) is 3.77. The Bertz CT molecular complexity index is 397. The van der Waals surface area contributed by atoms with E-state index in [9.17, 15) is 4.39 Å². The van der Waals surface area contributed by atoms with E-state index in [0.717, 1.165) is 30.4 Å². The number of hydrogen-bond acceptors (Lipinski definition) is 1. The number of halogens is 1. The van der Waals surface area contributed by atoms with Gasteiger partial charge in [0.2, 0.25) is 0 Å². The molecule has 0 heterocycles. The summed E-state index contributed by atoms with van der Waals surface area (Å²) in [4.78, 5) is 0. The molecule has 0 spiro atoms. The summed E-state index contributed by atoms with van der Waals surface area (Å²) in [5, 5.41) is 0. The van der Waals surface area contributed by atoms with E-state index >= 15 is 0 Å². The Morgan fingerprint density at radius 2 is 1.82 bits per heavy atom. The van der Waals surface area contributed by atoms with Gasteiger partial charge in [0.25, 0.3) is 0 Å². The van der Waals surface area contributed by atoms with Crippen molar-refractivity contribution in [3.8, 4) is 5.75 Å². The minimum absolute atomic E-state index is 0.188. The van der Waals surface area contributed by atoms with E-state index in [0.29, 0.717) is 12.3 Å². The van der Waals surface area contributed by atoms with Crippen LogP contribution in [0.1, 0.15) is 58.8 Å². The van der Waals surface area contributed by atoms with Gasteiger partial charge < -0.3 is 4.74 Å². The van der Waals surface area contributed by atoms with Gasteiger partial charge in [-0.2, -0.15) is 0 Å². The average molecular weight is 306 g/mol. The SMILES string of the molecule is CCCC(CC(F)COc1ccccc1)C1CCC(C)CC1. The highest BCUT2D eigenvalue weighted by atomic mass is 19.1. The van der Waals surface area contributed by atoms with Crippen LogP contribution in [-0.4, -0.2) is 12.8 Å². The molecule has 2 atom stereocenters. The lowest BCUT2D eigenvalue weighted by atomic mass is 9.73. The number of para-hydroxylation sites is 1. The molecule has 2 unspecified atom stereocenters. The molecule has 1 fully saturated rings. The second-order valence-corrected chi connectivity index (χ2v) is 7.03. The van der Waals surface area contributed by atoms with Crippen LogP contribution in [0.5, 0.6) is 5.75 Å². The average Bonchev–Trinajstić information content (AvgIpc) is 2.54. The largest absolute Gasteiger partial charge is 0.491 e. The molecular formula is C20H31FO. The van der Waals surface area contributed by atoms with Crippen molar-refractivity contribution in [3.05, 3.63) is 30.3 Å². The lowest BCUT2D eigenvalue weighted by molar-refractivity contribution is 0.123. The highest BCUT2D eigenvalue weighted by molar-refractivity contribution is 5.20. The van der Waals surface area contributed by atoms with Gasteiger partial charge in [-0.05, 0) is 49.1 Å². The summed E-state index contributed by atoms with van der Waals surface area (Å²) >= 11 is 0. The smallest absolute Gasteiger partial charge is 0.134 e. The van der Waals surface area contributed by atoms with Crippen LogP contribution in [0.2, 0.25) is 0 Å². The predicted molar refractivity (Wildman–Crippen MR) is 91.0 cm³/mol. The molecule has 1 aromatic rings. The molecule has 2 heteroatoms. The molecule has 1 aliphatic rings. The van der Waals surface area contributed by atoms with Gasteiger partial charge in [0.1, 0.15) is 18.5 Å². The molecule has 1 nitrogen and oxygen atoms in total. The van der Waals surface area contributed by atoms with Gasteiger partial charge >= 0.3 is 0 Å². The van der Waals surface area contributed by atoms with Crippen LogP contribution in [0.15, 0.2) is 30.3 Å². The van der Waals surface area contributed by atoms with Gasteiger partial charge in [-0.25, -0.2) is 4.39 Å². The molecule has 22 heavy (non-hydrogen) atoms. The topological polar surface area (TPSA) is 9.23 Å². The van der Waals surface area contributed by atoms with Crippen LogP contribution < -0.4 is 4.74 Å². The van der Waals surface area contributed by atoms with Gasteiger partial charge in [-0.15, -0.1) is 0 Å². The third kappa shape index (κ3) is 5.62. The zero-order valence-corrected chi connectivity index (χ0v) is 14.1. The van der Waals surface area contributed by atoms with Crippen LogP contribution in [0.3, 0.4) is 0 Å². The first-order chi connectivity index (χ1) is 10.7. The number of hydrogen-bond donors (Lipinski definition) is 0. The van der Waals surface area contributed by atoms with Crippen LogP contribution in [-0.2, 0) is 0 Å². The van der Waals surface area contributed by atoms with Crippen LogP contribution >= 0.6 is 0 Å². The second kappa shape index (κ2) is 9.17. The standard InChI is InChI=1S/C20H31FO/c1-3-7-18(17-12-10-16(2)11-13-17)14-19(21)15-22-20-8-5-4-6-9-20/h4-6,8-9,16-19H,3,7,10-15H2,1-2H3. The van der Waals surface area contributed by atoms with E-state index in [1.165, 1.54) is 25.7 Å². The molecule has 0 aliphatic heterocycles. The summed E-state index contributed by atoms with van der Waals surface area (Å²) in [6, 6.07) is 9.57. The first-order valence-corrected chi connectivity index (χ1v) is 9.01. The molecule has 1 saturated carbocycles. The highest BCUT2D eigenvalue weighted by Crippen LogP contribution is 2.37. The van der Waals surface area contributed by atoms with E-state index < -0.39 is 6.17 Å². The lowest BCUT2D eigenvalue weighted by Gasteiger charge is -2.33. The molecule has 1 aliphatic carbocycles. The molecule has 124 valence electrons. The highest BCUT2D eigenvalue weighted by Gasteiger charge is 2.27. The Morgan fingerprint density at radius 3 is 2.45 bits per heavy atom. The van der Waals surface area contributed by atoms with Crippen molar-refractivity contribution in [1.29, 1.82) is 0 Å². The molecule has 2 rings (SSSR count). The van der Waals surface area contributed by atoms with Crippen LogP contribution in [0.25, 0.3) is 0 Å². The Kier molecular flexibility index (Phi) is 7.21. The maximum absolute atomic E-state index is 14.4. The molecule has 0 radical (unpaired) electrons. The minimum atomic E-state index is -0.851. The van der Waals surface area contributed by atoms with E-state index in [4.69, 9.17) is 4.74 Å². The van der Waals surface area contributed by atoms with Gasteiger partial charge in [0.15, 0.2) is 0 Å². The van der Waals surface area contributed by atoms with Crippen molar-refractivity contribution in [2.45, 2.75) is 65.0 Å². The Hall–Kier alpha value is -1.05. The molecule has 0 bridgehead atoms. The maximum atomic E-state index is 14.4. The summed E-state index contributed by atoms with van der Waals surface area (Å²) in [6.07, 6.45) is 7.35. The summed E-state index contributed by atoms with van der Waals surface area (Å²) in [5.41, 5.74) is 0. The fourth-order valence-corrected chi connectivity index (χ4v) is 3.77. The predicted octanol–water partition coefficient (Wildman–Crippen LogP) is 6.04. The lowest BCUT2D eigenvalue weighted by Crippen LogP contribution is -2.25. The summed E-state index contributed by atoms with van der Waals surface area (Å²) in [5.74, 6) is 2.89. The van der Waals surface area contributed by atoms with Crippen LogP contribution in [0, 0.1) is 17.8 Å². The molecule has 0 amide bonds. The van der Waals surface area contributed by atoms with Crippen molar-refractivity contribution in [2.24, 2.45) is 17.8 Å². The second-order valence-electron chi connectivity index (χ2n) is 7.03. The van der Waals surface area contributed by atoms with E-state index in [2.05, 4.69) is 13.8 Å². The van der Waals surface area contributed by atoms with Crippen molar-refractivity contribution in [2.75, 3.05) is 6.61 Å². The normalized spacial score (nSPS) is 24.7. The van der Waals surface area contributed by atoms with Crippen LogP contribution in [0.4, 0.5) is 4.39 Å². The van der Waals surface area contributed by atoms with Crippen molar-refractivity contribution >= 4 is 0 Å². The third-order valence-electron chi connectivity index (χ3n) is 5.12. The van der Waals surface area contributed by atoms with Crippen molar-refractivity contribution < 1.29 is 9.13 Å². The molecule has 1 aromatic carbocycles. The summed E-state index contributed by atoms with van der Waals surface area (Å²) in [7, 11) is 0. The van der Waals surface area contributed by atoms with Crippen molar-refractivity contribution in [3.63, 3.8) is 0 Å². The van der Waals surface area contributed by atoms with E-state index in [1.54, 1.807) is 0 Å². The monoisotopic (exact) mass is 306 g/mol. The number of benzene rings is 1. The Labute approximate surface area is 135 Å². The Balaban J connectivity index is 1.79. The summed E-state index contributed by atoms with van der Waals surface area (Å²) < 4.78 is 19.9. The number of ether oxygens (including phenoxy) is 1. The van der Waals surface area contributed by atoms with Gasteiger partial charge in [0, 0.05) is 0 Å². The third-order valence-corrected chi connectivity index (χ3v) is 5.12. The fraction of sp³-hybridized carbons (Fsp3) is 0.700. The van der Waals surface area contributed by atoms with Crippen molar-refractivity contribution in [1.82, 2.24) is 0 Å². The quantitative estimate of drug-likeness (QED) is 0.569. The van der Waals surface area contributed by atoms with Gasteiger partial charge in [0.05, 0.1) is 0 Å². The first-order valence-electron chi connectivity index (χ1n) is 9.01. The molecule has 0 aromatic heterocycles. The Morgan fingerprint density at radius 1 is 1.14 bits per heavy atom. The molecular weight excluding hydrogens is 275 g/mol. The van der Waals surface area contributed by atoms with Gasteiger partial charge in [-0.3, -0.25) is 0 Å². The minimum Gasteiger partial charge on any atom is -0.491 e. The maximum Gasteiger partial charge on any atom is 0.134 e. The van der Waals surface area contributed by atoms with E-state index in [1.807, 2.05) is 30.3 Å². The number of rotatable bonds is 8. The molecule has 0 N–H and O–H groups in total. The first kappa shape index (κ1) is 17.3. The summed E-state index contributed by atoms with van der Waals surface area (Å²) in [6.45, 7) is 4.75.